The minimum Gasteiger partial charge on any atom is -0.342 e. The van der Waals surface area contributed by atoms with Gasteiger partial charge in [0, 0.05) is 50.7 Å². The van der Waals surface area contributed by atoms with E-state index in [0.717, 1.165) is 39.1 Å². The van der Waals surface area contributed by atoms with Crippen molar-refractivity contribution in [2.75, 3.05) is 26.2 Å². The van der Waals surface area contributed by atoms with Gasteiger partial charge in [0.1, 0.15) is 0 Å². The number of halogens is 1. The van der Waals surface area contributed by atoms with Gasteiger partial charge in [-0.05, 0) is 6.42 Å². The Morgan fingerprint density at radius 1 is 1.47 bits per heavy atom. The van der Waals surface area contributed by atoms with Crippen LogP contribution in [0.4, 0.5) is 0 Å². The quantitative estimate of drug-likeness (QED) is 0.825. The van der Waals surface area contributed by atoms with E-state index in [1.54, 1.807) is 6.92 Å². The van der Waals surface area contributed by atoms with Crippen molar-refractivity contribution in [2.24, 2.45) is 0 Å². The molecule has 0 N–H and O–H groups in total. The van der Waals surface area contributed by atoms with Crippen LogP contribution in [0.15, 0.2) is 6.20 Å². The third kappa shape index (κ3) is 3.66. The zero-order chi connectivity index (χ0) is 12.3. The average molecular weight is 274 g/mol. The van der Waals surface area contributed by atoms with Crippen molar-refractivity contribution in [1.82, 2.24) is 14.8 Å². The van der Waals surface area contributed by atoms with Crippen molar-refractivity contribution >= 4 is 28.8 Å². The second-order valence-corrected chi connectivity index (χ2v) is 5.91. The summed E-state index contributed by atoms with van der Waals surface area (Å²) in [6, 6.07) is 0. The number of hydrogen-bond donors (Lipinski definition) is 0. The molecule has 1 saturated heterocycles. The Bertz CT molecular complexity index is 396. The zero-order valence-corrected chi connectivity index (χ0v) is 11.4. The van der Waals surface area contributed by atoms with Crippen molar-refractivity contribution in [3.8, 4) is 0 Å². The average Bonchev–Trinajstić information content (AvgIpc) is 2.54. The van der Waals surface area contributed by atoms with Crippen LogP contribution in [0, 0.1) is 0 Å². The van der Waals surface area contributed by atoms with Crippen LogP contribution in [0.25, 0.3) is 0 Å². The van der Waals surface area contributed by atoms with E-state index >= 15 is 0 Å². The Morgan fingerprint density at radius 2 is 2.29 bits per heavy atom. The van der Waals surface area contributed by atoms with Crippen molar-refractivity contribution in [3.05, 3.63) is 15.5 Å². The first kappa shape index (κ1) is 12.8. The topological polar surface area (TPSA) is 36.4 Å². The molecule has 0 aliphatic carbocycles. The highest BCUT2D eigenvalue weighted by molar-refractivity contribution is 7.15. The molecule has 4 nitrogen and oxygen atoms in total. The second-order valence-electron chi connectivity index (χ2n) is 4.22. The maximum absolute atomic E-state index is 11.3. The number of aromatic nitrogens is 1. The first-order valence-electron chi connectivity index (χ1n) is 5.73. The SMILES string of the molecule is CC(=O)N1CCCN(Cc2cnc(Cl)s2)CC1. The Kier molecular flexibility index (Phi) is 4.36. The summed E-state index contributed by atoms with van der Waals surface area (Å²) in [6.07, 6.45) is 2.87. The van der Waals surface area contributed by atoms with Crippen LogP contribution in [-0.2, 0) is 11.3 Å². The fraction of sp³-hybridized carbons (Fsp3) is 0.636. The zero-order valence-electron chi connectivity index (χ0n) is 9.86. The van der Waals surface area contributed by atoms with E-state index in [-0.39, 0.29) is 5.91 Å². The van der Waals surface area contributed by atoms with Gasteiger partial charge in [-0.1, -0.05) is 11.6 Å². The summed E-state index contributed by atoms with van der Waals surface area (Å²) in [6.45, 7) is 6.17. The molecule has 1 aliphatic rings. The molecule has 17 heavy (non-hydrogen) atoms. The number of carbonyl (C=O) groups is 1. The molecule has 0 saturated carbocycles. The van der Waals surface area contributed by atoms with Gasteiger partial charge in [-0.15, -0.1) is 11.3 Å². The standard InChI is InChI=1S/C11H16ClN3OS/c1-9(16)15-4-2-3-14(5-6-15)8-10-7-13-11(12)17-10/h7H,2-6,8H2,1H3. The number of amides is 1. The van der Waals surface area contributed by atoms with Crippen LogP contribution in [0.3, 0.4) is 0 Å². The number of carbonyl (C=O) groups excluding carboxylic acids is 1. The van der Waals surface area contributed by atoms with Gasteiger partial charge >= 0.3 is 0 Å². The van der Waals surface area contributed by atoms with E-state index in [4.69, 9.17) is 11.6 Å². The largest absolute Gasteiger partial charge is 0.342 e. The summed E-state index contributed by atoms with van der Waals surface area (Å²) in [7, 11) is 0. The highest BCUT2D eigenvalue weighted by atomic mass is 35.5. The molecule has 1 aliphatic heterocycles. The first-order chi connectivity index (χ1) is 8.15. The molecule has 0 radical (unpaired) electrons. The molecule has 2 heterocycles. The van der Waals surface area contributed by atoms with Gasteiger partial charge in [0.2, 0.25) is 5.91 Å². The van der Waals surface area contributed by atoms with Crippen LogP contribution < -0.4 is 0 Å². The van der Waals surface area contributed by atoms with Crippen molar-refractivity contribution in [2.45, 2.75) is 19.9 Å². The van der Waals surface area contributed by atoms with E-state index in [1.165, 1.54) is 16.2 Å². The van der Waals surface area contributed by atoms with E-state index < -0.39 is 0 Å². The van der Waals surface area contributed by atoms with Gasteiger partial charge in [-0.25, -0.2) is 4.98 Å². The summed E-state index contributed by atoms with van der Waals surface area (Å²) in [5, 5.41) is 0. The predicted octanol–water partition coefficient (Wildman–Crippen LogP) is 1.85. The summed E-state index contributed by atoms with van der Waals surface area (Å²) in [5.74, 6) is 0.174. The molecule has 0 spiro atoms. The molecule has 0 aromatic carbocycles. The molecule has 1 aromatic rings. The van der Waals surface area contributed by atoms with Gasteiger partial charge in [-0.2, -0.15) is 0 Å². The molecule has 6 heteroatoms. The molecular formula is C11H16ClN3OS. The van der Waals surface area contributed by atoms with Crippen LogP contribution in [0.2, 0.25) is 4.47 Å². The lowest BCUT2D eigenvalue weighted by atomic mass is 10.3. The lowest BCUT2D eigenvalue weighted by Gasteiger charge is -2.20. The Balaban J connectivity index is 1.88. The van der Waals surface area contributed by atoms with Crippen LogP contribution in [-0.4, -0.2) is 46.9 Å². The van der Waals surface area contributed by atoms with Crippen molar-refractivity contribution in [1.29, 1.82) is 0 Å². The lowest BCUT2D eigenvalue weighted by molar-refractivity contribution is -0.128. The fourth-order valence-corrected chi connectivity index (χ4v) is 3.04. The Labute approximate surface area is 110 Å². The minimum atomic E-state index is 0.174. The summed E-state index contributed by atoms with van der Waals surface area (Å²) >= 11 is 7.34. The van der Waals surface area contributed by atoms with Gasteiger partial charge in [-0.3, -0.25) is 9.69 Å². The van der Waals surface area contributed by atoms with Crippen LogP contribution in [0.1, 0.15) is 18.2 Å². The normalized spacial score (nSPS) is 18.1. The first-order valence-corrected chi connectivity index (χ1v) is 6.92. The van der Waals surface area contributed by atoms with Gasteiger partial charge in [0.15, 0.2) is 4.47 Å². The number of rotatable bonds is 2. The Hall–Kier alpha value is -0.650. The van der Waals surface area contributed by atoms with Gasteiger partial charge < -0.3 is 4.90 Å². The maximum Gasteiger partial charge on any atom is 0.219 e. The van der Waals surface area contributed by atoms with E-state index in [9.17, 15) is 4.79 Å². The third-order valence-electron chi connectivity index (χ3n) is 2.94. The summed E-state index contributed by atoms with van der Waals surface area (Å²) < 4.78 is 0.597. The molecule has 94 valence electrons. The number of nitrogens with zero attached hydrogens (tertiary/aromatic N) is 3. The monoisotopic (exact) mass is 273 g/mol. The molecular weight excluding hydrogens is 258 g/mol. The smallest absolute Gasteiger partial charge is 0.219 e. The molecule has 1 aromatic heterocycles. The molecule has 1 fully saturated rings. The van der Waals surface area contributed by atoms with Crippen LogP contribution in [0.5, 0.6) is 0 Å². The fourth-order valence-electron chi connectivity index (χ4n) is 2.02. The van der Waals surface area contributed by atoms with Gasteiger partial charge in [0.05, 0.1) is 0 Å². The van der Waals surface area contributed by atoms with Crippen molar-refractivity contribution < 1.29 is 4.79 Å². The van der Waals surface area contributed by atoms with Gasteiger partial charge in [0.25, 0.3) is 0 Å². The summed E-state index contributed by atoms with van der Waals surface area (Å²) in [5.41, 5.74) is 0. The molecule has 0 atom stereocenters. The predicted molar refractivity (Wildman–Crippen MR) is 69.3 cm³/mol. The molecule has 0 unspecified atom stereocenters. The highest BCUT2D eigenvalue weighted by Gasteiger charge is 2.17. The number of thiazole rings is 1. The molecule has 1 amide bonds. The maximum atomic E-state index is 11.3. The third-order valence-corrected chi connectivity index (χ3v) is 4.04. The summed E-state index contributed by atoms with van der Waals surface area (Å²) in [4.78, 5) is 20.8. The molecule has 0 bridgehead atoms. The number of hydrogen-bond acceptors (Lipinski definition) is 4. The Morgan fingerprint density at radius 3 is 2.94 bits per heavy atom. The van der Waals surface area contributed by atoms with Crippen LogP contribution >= 0.6 is 22.9 Å². The van der Waals surface area contributed by atoms with E-state index in [0.29, 0.717) is 4.47 Å². The van der Waals surface area contributed by atoms with Crippen molar-refractivity contribution in [3.63, 3.8) is 0 Å². The lowest BCUT2D eigenvalue weighted by Crippen LogP contribution is -2.33. The molecule has 2 rings (SSSR count). The van der Waals surface area contributed by atoms with E-state index in [2.05, 4.69) is 9.88 Å². The minimum absolute atomic E-state index is 0.174. The van der Waals surface area contributed by atoms with E-state index in [1.807, 2.05) is 11.1 Å². The second kappa shape index (κ2) is 5.80. The highest BCUT2D eigenvalue weighted by Crippen LogP contribution is 2.19.